The minimum absolute atomic E-state index is 0.538. The largest absolute Gasteiger partial charge is 0.456 e. The molecule has 11 rings (SSSR count). The van der Waals surface area contributed by atoms with E-state index in [-0.39, 0.29) is 0 Å². The first kappa shape index (κ1) is 36.6. The number of ether oxygens (including phenoxy) is 1. The highest BCUT2D eigenvalue weighted by molar-refractivity contribution is 5.89. The van der Waals surface area contributed by atoms with Gasteiger partial charge in [0.25, 0.3) is 0 Å². The molecule has 9 aromatic carbocycles. The summed E-state index contributed by atoms with van der Waals surface area (Å²) < 4.78 is 7.16. The summed E-state index contributed by atoms with van der Waals surface area (Å²) in [5, 5.41) is 11.7. The fraction of sp³-hybridized carbons (Fsp3) is 0.0175. The van der Waals surface area contributed by atoms with Crippen molar-refractivity contribution < 1.29 is 4.74 Å². The molecular weight excluding hydrogens is 757 g/mol. The Kier molecular flexibility index (Phi) is 9.03. The zero-order valence-electron chi connectivity index (χ0n) is 33.5. The highest BCUT2D eigenvalue weighted by Crippen LogP contribution is 2.58. The highest BCUT2D eigenvalue weighted by atomic mass is 16.5. The predicted molar refractivity (Wildman–Crippen MR) is 248 cm³/mol. The van der Waals surface area contributed by atoms with Gasteiger partial charge in [-0.3, -0.25) is 0 Å². The summed E-state index contributed by atoms with van der Waals surface area (Å²) in [6.45, 7) is 0. The molecule has 0 saturated heterocycles. The average Bonchev–Trinajstić information content (AvgIpc) is 3.35. The second-order valence-electron chi connectivity index (χ2n) is 15.5. The maximum atomic E-state index is 9.42. The van der Waals surface area contributed by atoms with E-state index >= 15 is 0 Å². The lowest BCUT2D eigenvalue weighted by molar-refractivity contribution is 0.437. The first-order chi connectivity index (χ1) is 30.7. The minimum atomic E-state index is -0.656. The van der Waals surface area contributed by atoms with E-state index in [1.165, 1.54) is 16.5 Å². The Morgan fingerprint density at radius 2 is 0.871 bits per heavy atom. The summed E-state index contributed by atoms with van der Waals surface area (Å²) in [6, 6.07) is 77.7. The van der Waals surface area contributed by atoms with Gasteiger partial charge in [0.05, 0.1) is 17.0 Å². The van der Waals surface area contributed by atoms with Crippen LogP contribution in [0.15, 0.2) is 218 Å². The number of fused-ring (bicyclic) bond motifs is 3. The van der Waals surface area contributed by atoms with Gasteiger partial charge < -0.3 is 4.74 Å². The van der Waals surface area contributed by atoms with Crippen LogP contribution in [-0.2, 0) is 5.41 Å². The smallest absolute Gasteiger partial charge is 0.164 e. The van der Waals surface area contributed by atoms with Crippen molar-refractivity contribution in [3.63, 3.8) is 0 Å². The first-order valence-electron chi connectivity index (χ1n) is 20.6. The van der Waals surface area contributed by atoms with Crippen LogP contribution in [0.25, 0.3) is 67.2 Å². The van der Waals surface area contributed by atoms with Crippen LogP contribution < -0.4 is 4.74 Å². The van der Waals surface area contributed by atoms with E-state index in [4.69, 9.17) is 19.7 Å². The molecule has 1 aliphatic heterocycles. The monoisotopic (exact) mass is 792 g/mol. The fourth-order valence-electron chi connectivity index (χ4n) is 8.93. The molecule has 0 amide bonds. The van der Waals surface area contributed by atoms with Crippen LogP contribution in [0.2, 0.25) is 0 Å². The molecule has 0 aliphatic carbocycles. The quantitative estimate of drug-likeness (QED) is 0.161. The van der Waals surface area contributed by atoms with Gasteiger partial charge in [0.1, 0.15) is 11.5 Å². The van der Waals surface area contributed by atoms with E-state index in [0.717, 1.165) is 67.0 Å². The molecular formula is C57H36N4O. The molecule has 0 bridgehead atoms. The minimum Gasteiger partial charge on any atom is -0.456 e. The number of para-hydroxylation sites is 1. The topological polar surface area (TPSA) is 71.7 Å². The molecule has 0 saturated carbocycles. The van der Waals surface area contributed by atoms with E-state index in [9.17, 15) is 5.26 Å². The van der Waals surface area contributed by atoms with Crippen molar-refractivity contribution in [2.45, 2.75) is 5.41 Å². The van der Waals surface area contributed by atoms with Gasteiger partial charge in [-0.1, -0.05) is 170 Å². The number of benzene rings is 9. The van der Waals surface area contributed by atoms with Crippen molar-refractivity contribution in [2.24, 2.45) is 0 Å². The molecule has 5 heteroatoms. The Labute approximate surface area is 359 Å². The molecule has 1 aromatic heterocycles. The standard InChI is InChI=1S/C57H36N4O/c58-37-38-29-31-40(32-30-38)55-59-54(39-15-4-1-5-16-39)60-56(61-55)46-22-13-20-42(34-46)41-19-12-21-45(33-41)49-27-14-28-50-53(49)62-52-36-44-18-11-10-17-43(44)35-51(52)57(50,47-23-6-2-7-24-47)48-25-8-3-9-26-48/h1-36H. The molecule has 0 radical (unpaired) electrons. The molecule has 5 nitrogen and oxygen atoms in total. The third kappa shape index (κ3) is 6.30. The van der Waals surface area contributed by atoms with E-state index in [0.29, 0.717) is 23.0 Å². The van der Waals surface area contributed by atoms with E-state index in [1.54, 1.807) is 12.1 Å². The van der Waals surface area contributed by atoms with Gasteiger partial charge in [-0.25, -0.2) is 15.0 Å². The summed E-state index contributed by atoms with van der Waals surface area (Å²) in [4.78, 5) is 14.8. The van der Waals surface area contributed by atoms with Gasteiger partial charge in [-0.15, -0.1) is 0 Å². The second kappa shape index (κ2) is 15.3. The Bertz CT molecular complexity index is 3280. The maximum absolute atomic E-state index is 9.42. The number of rotatable bonds is 7. The molecule has 0 unspecified atom stereocenters. The van der Waals surface area contributed by atoms with Crippen LogP contribution in [0.4, 0.5) is 0 Å². The van der Waals surface area contributed by atoms with Crippen molar-refractivity contribution >= 4 is 10.8 Å². The third-order valence-corrected chi connectivity index (χ3v) is 11.9. The SMILES string of the molecule is N#Cc1ccc(-c2nc(-c3ccccc3)nc(-c3cccc(-c4cccc(-c5cccc6c5Oc5cc7ccccc7cc5C6(c5ccccc5)c5ccccc5)c4)c3)n2)cc1. The second-order valence-corrected chi connectivity index (χ2v) is 15.5. The van der Waals surface area contributed by atoms with Crippen LogP contribution in [0, 0.1) is 11.3 Å². The number of aromatic nitrogens is 3. The predicted octanol–water partition coefficient (Wildman–Crippen LogP) is 13.7. The van der Waals surface area contributed by atoms with Gasteiger partial charge >= 0.3 is 0 Å². The first-order valence-corrected chi connectivity index (χ1v) is 20.6. The molecule has 290 valence electrons. The molecule has 10 aromatic rings. The van der Waals surface area contributed by atoms with Gasteiger partial charge in [0.15, 0.2) is 17.5 Å². The summed E-state index contributed by atoms with van der Waals surface area (Å²) in [5.41, 5.74) is 11.1. The summed E-state index contributed by atoms with van der Waals surface area (Å²) in [7, 11) is 0. The molecule has 2 heterocycles. The molecule has 0 spiro atoms. The highest BCUT2D eigenvalue weighted by Gasteiger charge is 2.46. The maximum Gasteiger partial charge on any atom is 0.164 e. The normalized spacial score (nSPS) is 12.4. The van der Waals surface area contributed by atoms with Gasteiger partial charge in [0.2, 0.25) is 0 Å². The lowest BCUT2D eigenvalue weighted by atomic mass is 9.63. The molecule has 62 heavy (non-hydrogen) atoms. The lowest BCUT2D eigenvalue weighted by Gasteiger charge is -2.42. The molecule has 1 aliphatic rings. The van der Waals surface area contributed by atoms with Crippen LogP contribution in [0.1, 0.15) is 27.8 Å². The lowest BCUT2D eigenvalue weighted by Crippen LogP contribution is -2.34. The van der Waals surface area contributed by atoms with Crippen LogP contribution >= 0.6 is 0 Å². The number of nitrogens with zero attached hydrogens (tertiary/aromatic N) is 4. The summed E-state index contributed by atoms with van der Waals surface area (Å²) in [6.07, 6.45) is 0. The molecule has 0 N–H and O–H groups in total. The van der Waals surface area contributed by atoms with Crippen molar-refractivity contribution in [2.75, 3.05) is 0 Å². The van der Waals surface area contributed by atoms with Gasteiger partial charge in [-0.2, -0.15) is 5.26 Å². The van der Waals surface area contributed by atoms with Gasteiger partial charge in [-0.05, 0) is 87.1 Å². The van der Waals surface area contributed by atoms with Crippen LogP contribution in [0.5, 0.6) is 11.5 Å². The fourth-order valence-corrected chi connectivity index (χ4v) is 8.93. The molecule has 0 atom stereocenters. The Morgan fingerprint density at radius 3 is 1.50 bits per heavy atom. The Balaban J connectivity index is 1.05. The van der Waals surface area contributed by atoms with Crippen LogP contribution in [0.3, 0.4) is 0 Å². The van der Waals surface area contributed by atoms with Crippen molar-refractivity contribution in [3.8, 4) is 74.0 Å². The van der Waals surface area contributed by atoms with Crippen molar-refractivity contribution in [3.05, 3.63) is 246 Å². The van der Waals surface area contributed by atoms with E-state index in [1.807, 2.05) is 54.6 Å². The zero-order valence-corrected chi connectivity index (χ0v) is 33.5. The van der Waals surface area contributed by atoms with Gasteiger partial charge in [0, 0.05) is 33.4 Å². The number of nitriles is 1. The van der Waals surface area contributed by atoms with Crippen LogP contribution in [-0.4, -0.2) is 15.0 Å². The van der Waals surface area contributed by atoms with E-state index in [2.05, 4.69) is 158 Å². The van der Waals surface area contributed by atoms with Crippen molar-refractivity contribution in [1.82, 2.24) is 15.0 Å². The Morgan fingerprint density at radius 1 is 0.387 bits per heavy atom. The number of hydrogen-bond donors (Lipinski definition) is 0. The number of hydrogen-bond acceptors (Lipinski definition) is 5. The van der Waals surface area contributed by atoms with Crippen molar-refractivity contribution in [1.29, 1.82) is 5.26 Å². The van der Waals surface area contributed by atoms with E-state index < -0.39 is 5.41 Å². The zero-order chi connectivity index (χ0) is 41.5. The third-order valence-electron chi connectivity index (χ3n) is 11.9. The Hall–Kier alpha value is -8.46. The summed E-state index contributed by atoms with van der Waals surface area (Å²) in [5.74, 6) is 3.35. The molecule has 0 fully saturated rings. The average molecular weight is 793 g/mol. The summed E-state index contributed by atoms with van der Waals surface area (Å²) >= 11 is 0.